The third-order valence-corrected chi connectivity index (χ3v) is 6.18. The molecule has 2 aliphatic rings. The monoisotopic (exact) mass is 441 g/mol. The number of carboxylic acid groups (broad SMARTS) is 1. The summed E-state index contributed by atoms with van der Waals surface area (Å²) in [6.07, 6.45) is 2.73. The van der Waals surface area contributed by atoms with Gasteiger partial charge in [-0.3, -0.25) is 4.90 Å². The zero-order chi connectivity index (χ0) is 22.4. The zero-order valence-corrected chi connectivity index (χ0v) is 17.4. The number of hydrogen-bond donors (Lipinski definition) is 3. The Morgan fingerprint density at radius 2 is 1.74 bits per heavy atom. The summed E-state index contributed by atoms with van der Waals surface area (Å²) in [4.78, 5) is 17.4. The van der Waals surface area contributed by atoms with Crippen LogP contribution in [0.15, 0.2) is 30.5 Å². The number of nitrogens with zero attached hydrogens (tertiary/aromatic N) is 2. The van der Waals surface area contributed by atoms with Gasteiger partial charge in [0.1, 0.15) is 0 Å². The van der Waals surface area contributed by atoms with Gasteiger partial charge in [-0.05, 0) is 30.9 Å². The number of aromatic amines is 1. The maximum Gasteiger partial charge on any atom is 0.490 e. The number of para-hydroxylation sites is 1. The lowest BCUT2D eigenvalue weighted by atomic mass is 9.91. The van der Waals surface area contributed by atoms with Gasteiger partial charge in [-0.25, -0.2) is 4.79 Å². The minimum Gasteiger partial charge on any atom is -0.475 e. The number of aliphatic carboxylic acids is 1. The van der Waals surface area contributed by atoms with Crippen LogP contribution in [0.4, 0.5) is 13.2 Å². The lowest BCUT2D eigenvalue weighted by Gasteiger charge is -2.42. The Hall–Kier alpha value is -2.10. The van der Waals surface area contributed by atoms with E-state index in [0.29, 0.717) is 6.04 Å². The summed E-state index contributed by atoms with van der Waals surface area (Å²) < 4.78 is 31.7. The molecule has 0 spiro atoms. The van der Waals surface area contributed by atoms with Gasteiger partial charge in [0.2, 0.25) is 0 Å². The molecule has 6 nitrogen and oxygen atoms in total. The number of rotatable bonds is 4. The van der Waals surface area contributed by atoms with Crippen LogP contribution in [-0.4, -0.2) is 82.0 Å². The minimum atomic E-state index is -5.08. The quantitative estimate of drug-likeness (QED) is 0.679. The lowest BCUT2D eigenvalue weighted by Crippen LogP contribution is -2.54. The van der Waals surface area contributed by atoms with Crippen LogP contribution in [0.3, 0.4) is 0 Å². The van der Waals surface area contributed by atoms with E-state index in [-0.39, 0.29) is 6.10 Å². The van der Waals surface area contributed by atoms with Gasteiger partial charge in [0.05, 0.1) is 6.10 Å². The van der Waals surface area contributed by atoms with Crippen molar-refractivity contribution in [3.05, 3.63) is 36.0 Å². The average Bonchev–Trinajstić information content (AvgIpc) is 3.16. The predicted octanol–water partition coefficient (Wildman–Crippen LogP) is 3.26. The minimum absolute atomic E-state index is 0.100. The molecule has 172 valence electrons. The van der Waals surface area contributed by atoms with Crippen molar-refractivity contribution in [2.45, 2.75) is 50.4 Å². The van der Waals surface area contributed by atoms with E-state index in [0.717, 1.165) is 45.6 Å². The maximum atomic E-state index is 10.6. The highest BCUT2D eigenvalue weighted by Gasteiger charge is 2.38. The van der Waals surface area contributed by atoms with Crippen LogP contribution < -0.4 is 0 Å². The molecule has 0 radical (unpaired) electrons. The maximum absolute atomic E-state index is 10.6. The third-order valence-electron chi connectivity index (χ3n) is 6.18. The molecule has 1 aromatic heterocycles. The molecule has 1 saturated carbocycles. The SMILES string of the molecule is O=C(O)C(F)(F)F.O[C@H]1CCCC[C@@H]1N1CCN(CCc2c[nH]c3ccccc23)CC1. The molecule has 0 bridgehead atoms. The summed E-state index contributed by atoms with van der Waals surface area (Å²) in [5, 5.41) is 18.7. The fourth-order valence-electron chi connectivity index (χ4n) is 4.45. The molecule has 1 aliphatic carbocycles. The number of nitrogens with one attached hydrogen (secondary N) is 1. The second kappa shape index (κ2) is 10.5. The molecule has 2 atom stereocenters. The Morgan fingerprint density at radius 1 is 1.10 bits per heavy atom. The number of aliphatic hydroxyl groups is 1. The van der Waals surface area contributed by atoms with Crippen molar-refractivity contribution in [2.24, 2.45) is 0 Å². The Labute approximate surface area is 179 Å². The Kier molecular flexibility index (Phi) is 7.96. The molecule has 3 N–H and O–H groups in total. The highest BCUT2D eigenvalue weighted by molar-refractivity contribution is 5.83. The number of halogens is 3. The summed E-state index contributed by atoms with van der Waals surface area (Å²) in [5.41, 5.74) is 2.67. The highest BCUT2D eigenvalue weighted by Crippen LogP contribution is 2.24. The number of benzene rings is 1. The molecule has 2 aromatic rings. The summed E-state index contributed by atoms with van der Waals surface area (Å²) in [6.45, 7) is 5.60. The third kappa shape index (κ3) is 6.44. The number of aliphatic hydroxyl groups excluding tert-OH is 1. The second-order valence-corrected chi connectivity index (χ2v) is 8.21. The van der Waals surface area contributed by atoms with Gasteiger partial charge in [-0.1, -0.05) is 31.0 Å². The number of carboxylic acids is 1. The normalized spacial score (nSPS) is 23.4. The molecule has 4 rings (SSSR count). The Balaban J connectivity index is 0.000000339. The van der Waals surface area contributed by atoms with E-state index in [2.05, 4.69) is 45.2 Å². The summed E-state index contributed by atoms with van der Waals surface area (Å²) >= 11 is 0. The van der Waals surface area contributed by atoms with Crippen molar-refractivity contribution in [1.29, 1.82) is 0 Å². The zero-order valence-electron chi connectivity index (χ0n) is 17.4. The van der Waals surface area contributed by atoms with E-state index >= 15 is 0 Å². The van der Waals surface area contributed by atoms with E-state index in [1.165, 1.54) is 35.7 Å². The van der Waals surface area contributed by atoms with Crippen LogP contribution in [-0.2, 0) is 11.2 Å². The molecule has 1 aromatic carbocycles. The largest absolute Gasteiger partial charge is 0.490 e. The van der Waals surface area contributed by atoms with Crippen LogP contribution in [0.1, 0.15) is 31.2 Å². The van der Waals surface area contributed by atoms with E-state index in [4.69, 9.17) is 9.90 Å². The van der Waals surface area contributed by atoms with Crippen molar-refractivity contribution >= 4 is 16.9 Å². The topological polar surface area (TPSA) is 79.8 Å². The number of aromatic nitrogens is 1. The number of carbonyl (C=O) groups is 1. The molecule has 0 amide bonds. The standard InChI is InChI=1S/C20H29N3O.C2HF3O2/c24-20-8-4-3-7-19(20)23-13-11-22(12-14-23)10-9-16-15-21-18-6-2-1-5-17(16)18;3-2(4,5)1(6)7/h1-2,5-6,15,19-21,24H,3-4,7-14H2;(H,6,7)/t19-,20-;/m0./s1. The molecular formula is C22H30F3N3O3. The molecule has 2 heterocycles. The van der Waals surface area contributed by atoms with E-state index in [1.54, 1.807) is 0 Å². The highest BCUT2D eigenvalue weighted by atomic mass is 19.4. The van der Waals surface area contributed by atoms with Gasteiger partial charge in [0.15, 0.2) is 0 Å². The van der Waals surface area contributed by atoms with Gasteiger partial charge >= 0.3 is 12.1 Å². The smallest absolute Gasteiger partial charge is 0.475 e. The molecule has 1 saturated heterocycles. The molecule has 2 fully saturated rings. The van der Waals surface area contributed by atoms with Gasteiger partial charge in [0, 0.05) is 55.9 Å². The summed E-state index contributed by atoms with van der Waals surface area (Å²) in [5.74, 6) is -2.76. The van der Waals surface area contributed by atoms with Crippen LogP contribution in [0, 0.1) is 0 Å². The Bertz CT molecular complexity index is 847. The summed E-state index contributed by atoms with van der Waals surface area (Å²) in [7, 11) is 0. The van der Waals surface area contributed by atoms with Gasteiger partial charge in [0.25, 0.3) is 0 Å². The molecule has 9 heteroatoms. The van der Waals surface area contributed by atoms with Crippen molar-refractivity contribution < 1.29 is 28.2 Å². The van der Waals surface area contributed by atoms with Crippen LogP contribution in [0.2, 0.25) is 0 Å². The Morgan fingerprint density at radius 3 is 2.39 bits per heavy atom. The number of fused-ring (bicyclic) bond motifs is 1. The first-order chi connectivity index (χ1) is 14.8. The fourth-order valence-corrected chi connectivity index (χ4v) is 4.45. The number of alkyl halides is 3. The molecule has 1 aliphatic heterocycles. The summed E-state index contributed by atoms with van der Waals surface area (Å²) in [6, 6.07) is 8.97. The predicted molar refractivity (Wildman–Crippen MR) is 112 cm³/mol. The average molecular weight is 441 g/mol. The van der Waals surface area contributed by atoms with Gasteiger partial charge in [-0.2, -0.15) is 13.2 Å². The first-order valence-electron chi connectivity index (χ1n) is 10.8. The molecular weight excluding hydrogens is 411 g/mol. The van der Waals surface area contributed by atoms with E-state index in [9.17, 15) is 18.3 Å². The van der Waals surface area contributed by atoms with Crippen molar-refractivity contribution in [2.75, 3.05) is 32.7 Å². The molecule has 0 unspecified atom stereocenters. The second-order valence-electron chi connectivity index (χ2n) is 8.21. The first-order valence-corrected chi connectivity index (χ1v) is 10.8. The van der Waals surface area contributed by atoms with Crippen molar-refractivity contribution in [1.82, 2.24) is 14.8 Å². The fraction of sp³-hybridized carbons (Fsp3) is 0.591. The van der Waals surface area contributed by atoms with E-state index < -0.39 is 12.1 Å². The lowest BCUT2D eigenvalue weighted by molar-refractivity contribution is -0.192. The van der Waals surface area contributed by atoms with Gasteiger partial charge in [-0.15, -0.1) is 0 Å². The van der Waals surface area contributed by atoms with Gasteiger partial charge < -0.3 is 20.1 Å². The molecule has 31 heavy (non-hydrogen) atoms. The number of H-pyrrole nitrogens is 1. The van der Waals surface area contributed by atoms with Crippen molar-refractivity contribution in [3.63, 3.8) is 0 Å². The van der Waals surface area contributed by atoms with E-state index in [1.807, 2.05) is 0 Å². The first kappa shape index (κ1) is 23.6. The number of hydrogen-bond acceptors (Lipinski definition) is 4. The number of piperazine rings is 1. The van der Waals surface area contributed by atoms with Crippen LogP contribution in [0.25, 0.3) is 10.9 Å². The van der Waals surface area contributed by atoms with Crippen LogP contribution in [0.5, 0.6) is 0 Å². The van der Waals surface area contributed by atoms with Crippen LogP contribution >= 0.6 is 0 Å². The van der Waals surface area contributed by atoms with Crippen molar-refractivity contribution in [3.8, 4) is 0 Å².